The fourth-order valence-corrected chi connectivity index (χ4v) is 6.76. The molecule has 238 valence electrons. The number of amides is 3. The van der Waals surface area contributed by atoms with E-state index in [1.807, 2.05) is 38.1 Å². The number of aliphatic imine (C=N–C) groups is 1. The van der Waals surface area contributed by atoms with E-state index < -0.39 is 34.2 Å². The van der Waals surface area contributed by atoms with Crippen molar-refractivity contribution < 1.29 is 31.2 Å². The number of benzene rings is 2. The Morgan fingerprint density at radius 1 is 1.11 bits per heavy atom. The van der Waals surface area contributed by atoms with Crippen molar-refractivity contribution in [1.29, 1.82) is 0 Å². The highest BCUT2D eigenvalue weighted by atomic mass is 32.2. The summed E-state index contributed by atoms with van der Waals surface area (Å²) >= 11 is 0. The second-order valence-electron chi connectivity index (χ2n) is 11.5. The predicted molar refractivity (Wildman–Crippen MR) is 165 cm³/mol. The van der Waals surface area contributed by atoms with Crippen LogP contribution >= 0.6 is 0 Å². The number of primary amides is 1. The highest BCUT2D eigenvalue weighted by molar-refractivity contribution is 7.92. The summed E-state index contributed by atoms with van der Waals surface area (Å²) in [5, 5.41) is 4.02. The molecule has 0 aliphatic carbocycles. The summed E-state index contributed by atoms with van der Waals surface area (Å²) in [6.07, 6.45) is -1.12. The Hall–Kier alpha value is -3.71. The van der Waals surface area contributed by atoms with E-state index in [0.29, 0.717) is 36.3 Å². The molecule has 2 aromatic carbocycles. The first-order valence-electron chi connectivity index (χ1n) is 14.5. The van der Waals surface area contributed by atoms with Crippen molar-refractivity contribution in [1.82, 2.24) is 9.62 Å². The Bertz CT molecular complexity index is 1560. The third-order valence-electron chi connectivity index (χ3n) is 8.22. The third kappa shape index (κ3) is 7.86. The number of hydrogen-bond acceptors (Lipinski definition) is 5. The SMILES string of the molecule is Cc1cc(N(C)C(N)=O)cc(C)c1C=CS(=O)(=O)N1CCC2(CC1)N=C(c1cccc(CCCCCC(F)(F)F)c1)NC2=O. The number of urea groups is 1. The number of anilines is 1. The monoisotopic (exact) mass is 633 g/mol. The number of hydrogen-bond donors (Lipinski definition) is 2. The van der Waals surface area contributed by atoms with Gasteiger partial charge in [0.2, 0.25) is 10.0 Å². The minimum atomic E-state index is -4.14. The lowest BCUT2D eigenvalue weighted by molar-refractivity contribution is -0.135. The zero-order valence-electron chi connectivity index (χ0n) is 25.1. The lowest BCUT2D eigenvalue weighted by Gasteiger charge is -2.34. The van der Waals surface area contributed by atoms with Gasteiger partial charge in [-0.15, -0.1) is 0 Å². The molecule has 0 radical (unpaired) electrons. The van der Waals surface area contributed by atoms with Crippen LogP contribution in [0.5, 0.6) is 0 Å². The van der Waals surface area contributed by atoms with Crippen LogP contribution in [-0.4, -0.2) is 62.3 Å². The zero-order valence-corrected chi connectivity index (χ0v) is 25.9. The Morgan fingerprint density at radius 3 is 2.39 bits per heavy atom. The van der Waals surface area contributed by atoms with Crippen molar-refractivity contribution in [2.75, 3.05) is 25.0 Å². The number of sulfonamides is 1. The maximum atomic E-state index is 13.2. The molecule has 3 amide bonds. The van der Waals surface area contributed by atoms with Gasteiger partial charge in [0.1, 0.15) is 11.4 Å². The number of aryl methyl sites for hydroxylation is 3. The van der Waals surface area contributed by atoms with Crippen molar-refractivity contribution in [3.8, 4) is 0 Å². The van der Waals surface area contributed by atoms with Crippen LogP contribution in [0.25, 0.3) is 6.08 Å². The molecule has 44 heavy (non-hydrogen) atoms. The van der Waals surface area contributed by atoms with Crippen molar-refractivity contribution in [3.05, 3.63) is 69.6 Å². The Labute approximate surface area is 256 Å². The number of alkyl halides is 3. The van der Waals surface area contributed by atoms with E-state index >= 15 is 0 Å². The molecule has 2 aromatic rings. The minimum Gasteiger partial charge on any atom is -0.351 e. The van der Waals surface area contributed by atoms with E-state index in [1.54, 1.807) is 25.3 Å². The molecule has 0 aromatic heterocycles. The number of nitrogens with two attached hydrogens (primary N) is 1. The van der Waals surface area contributed by atoms with Crippen LogP contribution < -0.4 is 16.0 Å². The molecule has 1 fully saturated rings. The molecule has 1 spiro atoms. The van der Waals surface area contributed by atoms with Gasteiger partial charge in [-0.05, 0) is 92.5 Å². The zero-order chi connectivity index (χ0) is 32.3. The van der Waals surface area contributed by atoms with E-state index in [2.05, 4.69) is 5.32 Å². The first-order valence-corrected chi connectivity index (χ1v) is 16.0. The summed E-state index contributed by atoms with van der Waals surface area (Å²) in [7, 11) is -2.23. The quantitative estimate of drug-likeness (QED) is 0.349. The number of rotatable bonds is 10. The maximum Gasteiger partial charge on any atom is 0.389 e. The molecule has 4 rings (SSSR count). The van der Waals surface area contributed by atoms with E-state index in [-0.39, 0.29) is 38.3 Å². The second-order valence-corrected chi connectivity index (χ2v) is 13.3. The minimum absolute atomic E-state index is 0.0968. The lowest BCUT2D eigenvalue weighted by atomic mass is 9.89. The maximum absolute atomic E-state index is 13.2. The molecule has 2 aliphatic rings. The predicted octanol–water partition coefficient (Wildman–Crippen LogP) is 5.20. The van der Waals surface area contributed by atoms with Crippen LogP contribution in [0, 0.1) is 13.8 Å². The van der Waals surface area contributed by atoms with Gasteiger partial charge in [-0.3, -0.25) is 14.7 Å². The van der Waals surface area contributed by atoms with Crippen LogP contribution in [0.2, 0.25) is 0 Å². The number of halogens is 3. The topological polar surface area (TPSA) is 125 Å². The van der Waals surface area contributed by atoms with Crippen molar-refractivity contribution in [2.45, 2.75) is 70.5 Å². The molecule has 9 nitrogen and oxygen atoms in total. The molecule has 1 saturated heterocycles. The van der Waals surface area contributed by atoms with Gasteiger partial charge in [0.05, 0.1) is 0 Å². The first-order chi connectivity index (χ1) is 20.6. The van der Waals surface area contributed by atoms with Gasteiger partial charge in [-0.1, -0.05) is 24.6 Å². The summed E-state index contributed by atoms with van der Waals surface area (Å²) in [6.45, 7) is 3.89. The number of nitrogens with one attached hydrogen (secondary N) is 1. The summed E-state index contributed by atoms with van der Waals surface area (Å²) < 4.78 is 64.9. The van der Waals surface area contributed by atoms with Crippen molar-refractivity contribution >= 4 is 39.6 Å². The molecule has 3 N–H and O–H groups in total. The Kier molecular flexibility index (Phi) is 9.89. The molecule has 0 atom stereocenters. The number of piperidine rings is 1. The average Bonchev–Trinajstić information content (AvgIpc) is 3.26. The molecule has 2 aliphatic heterocycles. The smallest absolute Gasteiger partial charge is 0.351 e. The largest absolute Gasteiger partial charge is 0.389 e. The summed E-state index contributed by atoms with van der Waals surface area (Å²) in [6, 6.07) is 10.3. The Balaban J connectivity index is 1.39. The van der Waals surface area contributed by atoms with Crippen molar-refractivity contribution in [2.24, 2.45) is 10.7 Å². The van der Waals surface area contributed by atoms with Crippen LogP contribution in [0.3, 0.4) is 0 Å². The summed E-state index contributed by atoms with van der Waals surface area (Å²) in [4.78, 5) is 30.6. The molecule has 0 unspecified atom stereocenters. The van der Waals surface area contributed by atoms with E-state index in [4.69, 9.17) is 10.7 Å². The molecule has 0 bridgehead atoms. The van der Waals surface area contributed by atoms with E-state index in [0.717, 1.165) is 27.7 Å². The molecule has 13 heteroatoms. The lowest BCUT2D eigenvalue weighted by Crippen LogP contribution is -2.50. The van der Waals surface area contributed by atoms with Gasteiger partial charge in [-0.2, -0.15) is 17.5 Å². The van der Waals surface area contributed by atoms with Gasteiger partial charge >= 0.3 is 12.2 Å². The summed E-state index contributed by atoms with van der Waals surface area (Å²) in [5.41, 5.74) is 8.85. The highest BCUT2D eigenvalue weighted by Gasteiger charge is 2.47. The highest BCUT2D eigenvalue weighted by Crippen LogP contribution is 2.33. The van der Waals surface area contributed by atoms with Gasteiger partial charge in [0.15, 0.2) is 0 Å². The third-order valence-corrected chi connectivity index (χ3v) is 9.78. The first kappa shape index (κ1) is 33.2. The van der Waals surface area contributed by atoms with E-state index in [1.165, 1.54) is 9.21 Å². The van der Waals surface area contributed by atoms with Crippen LogP contribution in [0.1, 0.15) is 66.3 Å². The van der Waals surface area contributed by atoms with Gasteiger partial charge < -0.3 is 11.1 Å². The van der Waals surface area contributed by atoms with Crippen LogP contribution in [0.4, 0.5) is 23.7 Å². The fourth-order valence-electron chi connectivity index (χ4n) is 5.58. The number of carbonyl (C=O) groups is 2. The summed E-state index contributed by atoms with van der Waals surface area (Å²) in [5.74, 6) is 0.145. The average molecular weight is 634 g/mol. The van der Waals surface area contributed by atoms with Crippen molar-refractivity contribution in [3.63, 3.8) is 0 Å². The molecule has 0 saturated carbocycles. The normalized spacial score (nSPS) is 17.2. The number of nitrogens with zero attached hydrogens (tertiary/aromatic N) is 3. The van der Waals surface area contributed by atoms with Gasteiger partial charge in [-0.25, -0.2) is 13.2 Å². The fraction of sp³-hybridized carbons (Fsp3) is 0.452. The molecular formula is C31H38F3N5O4S. The molecule has 2 heterocycles. The Morgan fingerprint density at radius 2 is 1.77 bits per heavy atom. The van der Waals surface area contributed by atoms with Crippen LogP contribution in [0.15, 0.2) is 46.8 Å². The van der Waals surface area contributed by atoms with Crippen LogP contribution in [-0.2, 0) is 21.2 Å². The second kappa shape index (κ2) is 13.1. The number of amidine groups is 1. The van der Waals surface area contributed by atoms with Gasteiger partial charge in [0, 0.05) is 43.2 Å². The number of carbonyl (C=O) groups excluding carboxylic acids is 2. The standard InChI is InChI=1S/C31H38F3N5O4S/c1-21-18-25(38(3)29(35)41)19-22(2)26(21)11-17-44(42,43)39-15-13-30(14-16-39)28(40)36-27(37-30)24-10-7-9-23(20-24)8-5-4-6-12-31(32,33)34/h7,9-11,17-20H,4-6,8,12-16H2,1-3H3,(H2,35,41)(H,36,37,40). The van der Waals surface area contributed by atoms with Gasteiger partial charge in [0.25, 0.3) is 5.91 Å². The molecular weight excluding hydrogens is 595 g/mol. The number of unbranched alkanes of at least 4 members (excludes halogenated alkanes) is 2. The van der Waals surface area contributed by atoms with E-state index in [9.17, 15) is 31.2 Å².